The van der Waals surface area contributed by atoms with E-state index in [0.717, 1.165) is 12.3 Å². The smallest absolute Gasteiger partial charge is 0.0944 e. The summed E-state index contributed by atoms with van der Waals surface area (Å²) in [7, 11) is -0.631. The average Bonchev–Trinajstić information content (AvgIpc) is 2.35. The highest BCUT2D eigenvalue weighted by Crippen LogP contribution is 2.54. The molecule has 0 aromatic heterocycles. The maximum Gasteiger partial charge on any atom is 0.0944 e. The maximum absolute atomic E-state index is 13.2. The molecule has 0 N–H and O–H groups in total. The van der Waals surface area contributed by atoms with Gasteiger partial charge in [-0.15, -0.1) is 11.8 Å². The molecule has 19 heavy (non-hydrogen) atoms. The third kappa shape index (κ3) is 3.07. The minimum Gasteiger partial charge on any atom is -0.258 e. The molecule has 0 amide bonds. The van der Waals surface area contributed by atoms with Crippen molar-refractivity contribution in [3.63, 3.8) is 0 Å². The van der Waals surface area contributed by atoms with Crippen LogP contribution in [0.4, 0.5) is 0 Å². The first kappa shape index (κ1) is 15.9. The molecule has 5 unspecified atom stereocenters. The van der Waals surface area contributed by atoms with Gasteiger partial charge >= 0.3 is 0 Å². The summed E-state index contributed by atoms with van der Waals surface area (Å²) >= 11 is 2.06. The van der Waals surface area contributed by atoms with E-state index in [2.05, 4.69) is 39.5 Å². The quantitative estimate of drug-likeness (QED) is 0.743. The van der Waals surface area contributed by atoms with E-state index < -0.39 is 10.8 Å². The van der Waals surface area contributed by atoms with Crippen molar-refractivity contribution in [3.05, 3.63) is 0 Å². The summed E-state index contributed by atoms with van der Waals surface area (Å²) < 4.78 is 13.3. The fourth-order valence-electron chi connectivity index (χ4n) is 4.05. The van der Waals surface area contributed by atoms with Crippen LogP contribution in [0.3, 0.4) is 0 Å². The van der Waals surface area contributed by atoms with Crippen LogP contribution in [0, 0.1) is 17.8 Å². The zero-order chi connectivity index (χ0) is 14.0. The van der Waals surface area contributed by atoms with Crippen LogP contribution in [-0.4, -0.2) is 19.3 Å². The molecule has 1 spiro atoms. The highest BCUT2D eigenvalue weighted by molar-refractivity contribution is 8.13. The number of hydrogen-bond donors (Lipinski definition) is 0. The lowest BCUT2D eigenvalue weighted by Gasteiger charge is -2.50. The van der Waals surface area contributed by atoms with Crippen molar-refractivity contribution in [1.29, 1.82) is 0 Å². The highest BCUT2D eigenvalue weighted by Gasteiger charge is 2.52. The Balaban J connectivity index is 2.27. The van der Waals surface area contributed by atoms with Gasteiger partial charge in [0.2, 0.25) is 0 Å². The van der Waals surface area contributed by atoms with Crippen molar-refractivity contribution in [1.82, 2.24) is 0 Å². The molecule has 1 saturated heterocycles. The van der Waals surface area contributed by atoms with E-state index in [0.29, 0.717) is 17.1 Å². The molecule has 1 nitrogen and oxygen atoms in total. The molecular weight excluding hydrogens is 272 g/mol. The van der Waals surface area contributed by atoms with Crippen molar-refractivity contribution in [2.75, 3.05) is 5.75 Å². The Morgan fingerprint density at radius 2 is 2.05 bits per heavy atom. The Kier molecular flexibility index (Phi) is 5.44. The molecule has 0 aromatic carbocycles. The van der Waals surface area contributed by atoms with Crippen molar-refractivity contribution >= 4 is 22.6 Å². The fraction of sp³-hybridized carbons (Fsp3) is 1.00. The SMILES string of the molecule is CCCC1CCSC2(CC(C)CCC2C(C)C)S1=O. The fourth-order valence-corrected chi connectivity index (χ4v) is 9.55. The Bertz CT molecular complexity index is 327. The van der Waals surface area contributed by atoms with Crippen LogP contribution >= 0.6 is 11.8 Å². The largest absolute Gasteiger partial charge is 0.258 e. The van der Waals surface area contributed by atoms with E-state index in [1.54, 1.807) is 0 Å². The zero-order valence-corrected chi connectivity index (χ0v) is 14.6. The van der Waals surface area contributed by atoms with E-state index in [4.69, 9.17) is 0 Å². The first-order valence-electron chi connectivity index (χ1n) is 8.06. The number of rotatable bonds is 3. The normalized spacial score (nSPS) is 43.8. The highest BCUT2D eigenvalue weighted by atomic mass is 32.2. The van der Waals surface area contributed by atoms with Crippen molar-refractivity contribution < 1.29 is 4.21 Å². The van der Waals surface area contributed by atoms with Crippen LogP contribution in [0.5, 0.6) is 0 Å². The maximum atomic E-state index is 13.2. The molecule has 5 atom stereocenters. The lowest BCUT2D eigenvalue weighted by atomic mass is 9.76. The minimum atomic E-state index is -0.631. The van der Waals surface area contributed by atoms with Gasteiger partial charge in [0, 0.05) is 16.0 Å². The molecular formula is C16H30OS2. The zero-order valence-electron chi connectivity index (χ0n) is 13.0. The molecule has 1 aliphatic heterocycles. The minimum absolute atomic E-state index is 0.0872. The van der Waals surface area contributed by atoms with E-state index in [1.807, 2.05) is 0 Å². The van der Waals surface area contributed by atoms with Gasteiger partial charge in [0.25, 0.3) is 0 Å². The second-order valence-corrected chi connectivity index (χ2v) is 10.6. The molecule has 1 heterocycles. The van der Waals surface area contributed by atoms with Gasteiger partial charge in [0.1, 0.15) is 0 Å². The predicted octanol–water partition coefficient (Wildman–Crippen LogP) is 4.83. The lowest BCUT2D eigenvalue weighted by molar-refractivity contribution is 0.221. The summed E-state index contributed by atoms with van der Waals surface area (Å²) in [6, 6.07) is 0. The molecule has 2 aliphatic rings. The van der Waals surface area contributed by atoms with Crippen LogP contribution in [0.1, 0.15) is 66.2 Å². The Morgan fingerprint density at radius 3 is 2.68 bits per heavy atom. The van der Waals surface area contributed by atoms with E-state index in [1.165, 1.54) is 37.9 Å². The van der Waals surface area contributed by atoms with Gasteiger partial charge in [-0.1, -0.05) is 40.5 Å². The number of thioether (sulfide) groups is 1. The Hall–Kier alpha value is 0.500. The lowest BCUT2D eigenvalue weighted by Crippen LogP contribution is -2.51. The molecule has 2 fully saturated rings. The van der Waals surface area contributed by atoms with Gasteiger partial charge in [-0.3, -0.25) is 4.21 Å². The van der Waals surface area contributed by atoms with Gasteiger partial charge in [0.05, 0.1) is 4.08 Å². The molecule has 2 rings (SSSR count). The Labute approximate surface area is 126 Å². The molecule has 0 aromatic rings. The van der Waals surface area contributed by atoms with E-state index >= 15 is 0 Å². The van der Waals surface area contributed by atoms with Crippen molar-refractivity contribution in [2.24, 2.45) is 17.8 Å². The van der Waals surface area contributed by atoms with Gasteiger partial charge in [-0.25, -0.2) is 0 Å². The first-order chi connectivity index (χ1) is 9.01. The van der Waals surface area contributed by atoms with Crippen LogP contribution in [0.25, 0.3) is 0 Å². The predicted molar refractivity (Wildman–Crippen MR) is 88.0 cm³/mol. The van der Waals surface area contributed by atoms with Crippen molar-refractivity contribution in [2.45, 2.75) is 75.5 Å². The van der Waals surface area contributed by atoms with E-state index in [-0.39, 0.29) is 4.08 Å². The third-order valence-electron chi connectivity index (χ3n) is 5.01. The first-order valence-corrected chi connectivity index (χ1v) is 10.3. The molecule has 1 saturated carbocycles. The van der Waals surface area contributed by atoms with Gasteiger partial charge in [-0.2, -0.15) is 0 Å². The standard InChI is InChI=1S/C16H30OS2/c1-5-6-14-9-10-18-16(19(14)17)11-13(4)7-8-15(16)12(2)3/h12-15H,5-11H2,1-4H3. The number of hydrogen-bond acceptors (Lipinski definition) is 2. The van der Waals surface area contributed by atoms with Crippen LogP contribution in [0.2, 0.25) is 0 Å². The van der Waals surface area contributed by atoms with Gasteiger partial charge in [0.15, 0.2) is 0 Å². The molecule has 3 heteroatoms. The summed E-state index contributed by atoms with van der Waals surface area (Å²) in [6.45, 7) is 9.27. The van der Waals surface area contributed by atoms with Gasteiger partial charge < -0.3 is 0 Å². The molecule has 0 bridgehead atoms. The summed E-state index contributed by atoms with van der Waals surface area (Å²) in [4.78, 5) is 0. The molecule has 112 valence electrons. The van der Waals surface area contributed by atoms with Gasteiger partial charge in [-0.05, 0) is 49.2 Å². The molecule has 1 aliphatic carbocycles. The third-order valence-corrected chi connectivity index (χ3v) is 9.48. The monoisotopic (exact) mass is 302 g/mol. The van der Waals surface area contributed by atoms with E-state index in [9.17, 15) is 4.21 Å². The van der Waals surface area contributed by atoms with Crippen molar-refractivity contribution in [3.8, 4) is 0 Å². The van der Waals surface area contributed by atoms with Crippen LogP contribution < -0.4 is 0 Å². The second kappa shape index (κ2) is 6.51. The van der Waals surface area contributed by atoms with Crippen LogP contribution in [0.15, 0.2) is 0 Å². The summed E-state index contributed by atoms with van der Waals surface area (Å²) in [5, 5.41) is 0.470. The topological polar surface area (TPSA) is 17.1 Å². The summed E-state index contributed by atoms with van der Waals surface area (Å²) in [5.74, 6) is 3.32. The summed E-state index contributed by atoms with van der Waals surface area (Å²) in [5.41, 5.74) is 0. The molecule has 0 radical (unpaired) electrons. The summed E-state index contributed by atoms with van der Waals surface area (Å²) in [6.07, 6.45) is 7.32. The average molecular weight is 303 g/mol. The Morgan fingerprint density at radius 1 is 1.32 bits per heavy atom. The second-order valence-electron chi connectivity index (χ2n) is 6.89. The van der Waals surface area contributed by atoms with Crippen LogP contribution in [-0.2, 0) is 10.8 Å².